The molecule has 0 saturated heterocycles. The summed E-state index contributed by atoms with van der Waals surface area (Å²) in [5.74, 6) is 0.497. The van der Waals surface area contributed by atoms with Crippen molar-refractivity contribution in [2.45, 2.75) is 86.6 Å². The molecule has 2 heteroatoms. The van der Waals surface area contributed by atoms with Crippen LogP contribution in [0.2, 0.25) is 0 Å². The second-order valence-corrected chi connectivity index (χ2v) is 10.9. The lowest BCUT2D eigenvalue weighted by molar-refractivity contribution is 0.286. The smallest absolute Gasteiger partial charge is 0.0429 e. The van der Waals surface area contributed by atoms with Crippen molar-refractivity contribution in [2.75, 3.05) is 26.2 Å². The van der Waals surface area contributed by atoms with E-state index in [4.69, 9.17) is 0 Å². The Labute approximate surface area is 251 Å². The second kappa shape index (κ2) is 17.0. The van der Waals surface area contributed by atoms with E-state index in [1.807, 2.05) is 13.8 Å². The largest absolute Gasteiger partial charge is 0.367 e. The van der Waals surface area contributed by atoms with E-state index in [0.717, 1.165) is 39.0 Å². The molecular weight excluding hydrogens is 496 g/mol. The Morgan fingerprint density at radius 2 is 1.37 bits per heavy atom. The summed E-state index contributed by atoms with van der Waals surface area (Å²) in [7, 11) is 0. The quantitative estimate of drug-likeness (QED) is 0.144. The number of hydrogen-bond acceptors (Lipinski definition) is 2. The van der Waals surface area contributed by atoms with Crippen LogP contribution in [0.3, 0.4) is 0 Å². The second-order valence-electron chi connectivity index (χ2n) is 10.9. The van der Waals surface area contributed by atoms with Gasteiger partial charge in [-0.25, -0.2) is 0 Å². The molecule has 220 valence electrons. The Morgan fingerprint density at radius 3 is 2.05 bits per heavy atom. The van der Waals surface area contributed by atoms with E-state index in [9.17, 15) is 0 Å². The number of rotatable bonds is 14. The lowest BCUT2D eigenvalue weighted by atomic mass is 9.87. The molecule has 4 aromatic rings. The molecule has 0 aliphatic carbocycles. The highest BCUT2D eigenvalue weighted by atomic mass is 15.1. The zero-order valence-electron chi connectivity index (χ0n) is 26.9. The van der Waals surface area contributed by atoms with Gasteiger partial charge in [-0.2, -0.15) is 0 Å². The van der Waals surface area contributed by atoms with Gasteiger partial charge in [0.1, 0.15) is 0 Å². The molecule has 0 heterocycles. The van der Waals surface area contributed by atoms with Crippen LogP contribution in [-0.2, 0) is 6.54 Å². The molecule has 0 saturated carbocycles. The van der Waals surface area contributed by atoms with E-state index in [-0.39, 0.29) is 0 Å². The van der Waals surface area contributed by atoms with Crippen molar-refractivity contribution < 1.29 is 0 Å². The summed E-state index contributed by atoms with van der Waals surface area (Å²) in [5.41, 5.74) is 5.69. The van der Waals surface area contributed by atoms with Crippen molar-refractivity contribution in [3.8, 4) is 0 Å². The molecule has 1 unspecified atom stereocenters. The van der Waals surface area contributed by atoms with Gasteiger partial charge in [-0.15, -0.1) is 0 Å². The van der Waals surface area contributed by atoms with Crippen molar-refractivity contribution in [3.63, 3.8) is 0 Å². The summed E-state index contributed by atoms with van der Waals surface area (Å²) in [6.45, 7) is 21.0. The van der Waals surface area contributed by atoms with E-state index in [1.54, 1.807) is 0 Å². The predicted octanol–water partition coefficient (Wildman–Crippen LogP) is 10.9. The highest BCUT2D eigenvalue weighted by Crippen LogP contribution is 2.37. The molecule has 0 N–H and O–H groups in total. The van der Waals surface area contributed by atoms with Crippen LogP contribution in [0.25, 0.3) is 27.2 Å². The number of nitrogens with zero attached hydrogens (tertiary/aromatic N) is 2. The first kappa shape index (κ1) is 32.4. The molecule has 0 spiro atoms. The van der Waals surface area contributed by atoms with Gasteiger partial charge in [0, 0.05) is 24.4 Å². The lowest BCUT2D eigenvalue weighted by Crippen LogP contribution is -2.27. The third kappa shape index (κ3) is 8.46. The third-order valence-electron chi connectivity index (χ3n) is 8.32. The molecule has 4 aromatic carbocycles. The maximum Gasteiger partial charge on any atom is 0.0429 e. The van der Waals surface area contributed by atoms with E-state index >= 15 is 0 Å². The van der Waals surface area contributed by atoms with Gasteiger partial charge >= 0.3 is 0 Å². The minimum Gasteiger partial charge on any atom is -0.367 e. The molecule has 2 nitrogen and oxygen atoms in total. The first-order chi connectivity index (χ1) is 20.1. The van der Waals surface area contributed by atoms with E-state index < -0.39 is 0 Å². The molecule has 41 heavy (non-hydrogen) atoms. The summed E-state index contributed by atoms with van der Waals surface area (Å²) in [6, 6.07) is 29.4. The van der Waals surface area contributed by atoms with Crippen LogP contribution in [-0.4, -0.2) is 36.0 Å². The van der Waals surface area contributed by atoms with Crippen molar-refractivity contribution in [1.82, 2.24) is 9.80 Å². The van der Waals surface area contributed by atoms with Crippen molar-refractivity contribution in [1.29, 1.82) is 0 Å². The topological polar surface area (TPSA) is 6.48 Å². The van der Waals surface area contributed by atoms with Crippen LogP contribution in [0.4, 0.5) is 0 Å². The summed E-state index contributed by atoms with van der Waals surface area (Å²) >= 11 is 0. The minimum atomic E-state index is 0.497. The molecule has 0 amide bonds. The molecule has 0 aromatic heterocycles. The Kier molecular flexibility index (Phi) is 13.4. The van der Waals surface area contributed by atoms with Crippen molar-refractivity contribution in [2.24, 2.45) is 0 Å². The fourth-order valence-corrected chi connectivity index (χ4v) is 5.88. The molecule has 0 radical (unpaired) electrons. The van der Waals surface area contributed by atoms with Gasteiger partial charge in [-0.05, 0) is 90.0 Å². The van der Waals surface area contributed by atoms with E-state index in [0.29, 0.717) is 5.92 Å². The monoisotopic (exact) mass is 550 g/mol. The van der Waals surface area contributed by atoms with Gasteiger partial charge in [-0.3, -0.25) is 0 Å². The first-order valence-electron chi connectivity index (χ1n) is 16.3. The predicted molar refractivity (Wildman–Crippen MR) is 184 cm³/mol. The average Bonchev–Trinajstić information content (AvgIpc) is 3.03. The van der Waals surface area contributed by atoms with Crippen LogP contribution in [0.15, 0.2) is 84.9 Å². The highest BCUT2D eigenvalue weighted by Gasteiger charge is 2.20. The zero-order chi connectivity index (χ0) is 29.6. The average molecular weight is 551 g/mol. The van der Waals surface area contributed by atoms with Crippen LogP contribution >= 0.6 is 0 Å². The molecule has 0 aliphatic rings. The number of allylic oxidation sites excluding steroid dienone is 1. The maximum atomic E-state index is 2.67. The standard InChI is InChI=1S/C37H48N2.C2H6/c1-6-16-36(35-24-23-32-18-12-13-20-34(32)37(35)29(5)7-2)39(26-15-14-25-38(8-3)9-4)28-30-21-22-31-17-10-11-19-33(31)27-30;1-2/h10-13,16-24,27,29H,6-9,14-15,25-26,28H2,1-5H3;1-2H3/b36-16+;. The normalized spacial score (nSPS) is 12.4. The molecule has 4 rings (SSSR count). The Morgan fingerprint density at radius 1 is 0.732 bits per heavy atom. The maximum absolute atomic E-state index is 2.67. The fraction of sp³-hybridized carbons (Fsp3) is 0.436. The zero-order valence-corrected chi connectivity index (χ0v) is 26.9. The Balaban J connectivity index is 0.00000226. The SMILES string of the molecule is CC.CC/C=C(\c1ccc2ccccc2c1C(C)CC)N(CCCCN(CC)CC)Cc1ccc2ccccc2c1. The molecule has 0 aliphatic heterocycles. The van der Waals surface area contributed by atoms with Crippen molar-refractivity contribution in [3.05, 3.63) is 102 Å². The third-order valence-corrected chi connectivity index (χ3v) is 8.32. The van der Waals surface area contributed by atoms with Gasteiger partial charge < -0.3 is 9.80 Å². The first-order valence-corrected chi connectivity index (χ1v) is 16.3. The van der Waals surface area contributed by atoms with E-state index in [1.165, 1.54) is 63.3 Å². The van der Waals surface area contributed by atoms with Crippen molar-refractivity contribution >= 4 is 27.2 Å². The van der Waals surface area contributed by atoms with Crippen LogP contribution < -0.4 is 0 Å². The molecule has 0 bridgehead atoms. The van der Waals surface area contributed by atoms with Gasteiger partial charge in [0.2, 0.25) is 0 Å². The lowest BCUT2D eigenvalue weighted by Gasteiger charge is -2.31. The summed E-state index contributed by atoms with van der Waals surface area (Å²) in [6.07, 6.45) is 7.05. The van der Waals surface area contributed by atoms with Gasteiger partial charge in [-0.1, -0.05) is 127 Å². The number of hydrogen-bond donors (Lipinski definition) is 0. The minimum absolute atomic E-state index is 0.497. The highest BCUT2D eigenvalue weighted by molar-refractivity contribution is 5.91. The van der Waals surface area contributed by atoms with Gasteiger partial charge in [0.25, 0.3) is 0 Å². The Bertz CT molecular complexity index is 1360. The van der Waals surface area contributed by atoms with Gasteiger partial charge in [0.05, 0.1) is 0 Å². The summed E-state index contributed by atoms with van der Waals surface area (Å²) in [5, 5.41) is 5.37. The fourth-order valence-electron chi connectivity index (χ4n) is 5.88. The number of benzene rings is 4. The van der Waals surface area contributed by atoms with E-state index in [2.05, 4.69) is 129 Å². The van der Waals surface area contributed by atoms with Crippen LogP contribution in [0.1, 0.15) is 96.8 Å². The molecule has 0 fully saturated rings. The molecule has 1 atom stereocenters. The van der Waals surface area contributed by atoms with Gasteiger partial charge in [0.15, 0.2) is 0 Å². The number of fused-ring (bicyclic) bond motifs is 2. The Hall–Kier alpha value is -3.10. The van der Waals surface area contributed by atoms with Crippen LogP contribution in [0.5, 0.6) is 0 Å². The number of unbranched alkanes of at least 4 members (excludes halogenated alkanes) is 1. The van der Waals surface area contributed by atoms with Crippen LogP contribution in [0, 0.1) is 0 Å². The summed E-state index contributed by atoms with van der Waals surface area (Å²) in [4.78, 5) is 5.21. The molecular formula is C39H54N2. The summed E-state index contributed by atoms with van der Waals surface area (Å²) < 4.78 is 0.